The molecule has 130 valence electrons. The quantitative estimate of drug-likeness (QED) is 0.817. The summed E-state index contributed by atoms with van der Waals surface area (Å²) < 4.78 is 10.3. The average molecular weight is 362 g/mol. The van der Waals surface area contributed by atoms with Gasteiger partial charge in [0, 0.05) is 21.8 Å². The Hall–Kier alpha value is -2.73. The third-order valence-electron chi connectivity index (χ3n) is 4.11. The van der Waals surface area contributed by atoms with Gasteiger partial charge >= 0.3 is 5.97 Å². The van der Waals surface area contributed by atoms with Crippen LogP contribution in [0, 0.1) is 6.92 Å². The minimum Gasteiger partial charge on any atom is -0.507 e. The lowest BCUT2D eigenvalue weighted by Crippen LogP contribution is -2.16. The van der Waals surface area contributed by atoms with Gasteiger partial charge in [-0.25, -0.2) is 4.79 Å². The number of cyclic esters (lactones) is 1. The van der Waals surface area contributed by atoms with E-state index in [9.17, 15) is 14.7 Å². The van der Waals surface area contributed by atoms with Crippen LogP contribution in [0.2, 0.25) is 5.02 Å². The number of halogens is 1. The molecule has 2 aromatic carbocycles. The van der Waals surface area contributed by atoms with Crippen molar-refractivity contribution in [2.24, 2.45) is 0 Å². The molecule has 25 heavy (non-hydrogen) atoms. The second-order valence-electron chi connectivity index (χ2n) is 5.65. The van der Waals surface area contributed by atoms with E-state index in [2.05, 4.69) is 5.32 Å². The van der Waals surface area contributed by atoms with Crippen molar-refractivity contribution in [2.75, 3.05) is 12.4 Å². The van der Waals surface area contributed by atoms with Crippen molar-refractivity contribution in [3.8, 4) is 11.5 Å². The molecule has 0 spiro atoms. The zero-order valence-corrected chi connectivity index (χ0v) is 14.4. The molecule has 0 aromatic heterocycles. The van der Waals surface area contributed by atoms with E-state index in [0.717, 1.165) is 0 Å². The molecule has 3 rings (SSSR count). The number of fused-ring (bicyclic) bond motifs is 1. The summed E-state index contributed by atoms with van der Waals surface area (Å²) in [6.07, 6.45) is -0.154. The summed E-state index contributed by atoms with van der Waals surface area (Å²) >= 11 is 5.82. The van der Waals surface area contributed by atoms with Crippen molar-refractivity contribution in [1.82, 2.24) is 0 Å². The number of esters is 1. The molecular formula is C18H16ClNO5. The lowest BCUT2D eigenvalue weighted by Gasteiger charge is -2.16. The predicted octanol–water partition coefficient (Wildman–Crippen LogP) is 3.21. The van der Waals surface area contributed by atoms with E-state index in [-0.39, 0.29) is 35.8 Å². The van der Waals surface area contributed by atoms with Crippen LogP contribution in [0.3, 0.4) is 0 Å². The van der Waals surface area contributed by atoms with Crippen molar-refractivity contribution < 1.29 is 24.2 Å². The van der Waals surface area contributed by atoms with Crippen LogP contribution >= 0.6 is 11.6 Å². The molecule has 0 radical (unpaired) electrons. The zero-order chi connectivity index (χ0) is 18.1. The smallest absolute Gasteiger partial charge is 0.342 e. The minimum absolute atomic E-state index is 0.0845. The van der Waals surface area contributed by atoms with Gasteiger partial charge in [-0.1, -0.05) is 11.6 Å². The maximum absolute atomic E-state index is 12.4. The van der Waals surface area contributed by atoms with Gasteiger partial charge in [0.25, 0.3) is 0 Å². The molecule has 7 heteroatoms. The fourth-order valence-corrected chi connectivity index (χ4v) is 3.03. The van der Waals surface area contributed by atoms with Gasteiger partial charge in [0.15, 0.2) is 0 Å². The van der Waals surface area contributed by atoms with Crippen molar-refractivity contribution in [3.05, 3.63) is 51.5 Å². The van der Waals surface area contributed by atoms with Gasteiger partial charge in [0.05, 0.1) is 13.5 Å². The van der Waals surface area contributed by atoms with E-state index in [1.807, 2.05) is 0 Å². The number of hydrogen-bond donors (Lipinski definition) is 2. The highest BCUT2D eigenvalue weighted by Crippen LogP contribution is 2.41. The molecule has 1 aliphatic rings. The molecule has 0 fully saturated rings. The number of carbonyl (C=O) groups excluding carboxylic acids is 2. The highest BCUT2D eigenvalue weighted by Gasteiger charge is 2.32. The number of phenols is 1. The Morgan fingerprint density at radius 1 is 1.36 bits per heavy atom. The van der Waals surface area contributed by atoms with Crippen LogP contribution in [0.25, 0.3) is 0 Å². The number of hydrogen-bond acceptors (Lipinski definition) is 5. The Labute approximate surface area is 149 Å². The molecule has 2 N–H and O–H groups in total. The van der Waals surface area contributed by atoms with Crippen LogP contribution in [0.1, 0.15) is 27.0 Å². The Balaban J connectivity index is 1.93. The van der Waals surface area contributed by atoms with Gasteiger partial charge in [-0.2, -0.15) is 0 Å². The second-order valence-corrected chi connectivity index (χ2v) is 6.08. The average Bonchev–Trinajstić information content (AvgIpc) is 2.97. The summed E-state index contributed by atoms with van der Waals surface area (Å²) in [5.41, 5.74) is 2.19. The molecule has 6 nitrogen and oxygen atoms in total. The Kier molecular flexibility index (Phi) is 4.55. The Morgan fingerprint density at radius 3 is 2.68 bits per heavy atom. The zero-order valence-electron chi connectivity index (χ0n) is 13.7. The van der Waals surface area contributed by atoms with Crippen molar-refractivity contribution >= 4 is 29.2 Å². The number of amides is 1. The molecular weight excluding hydrogens is 346 g/mol. The number of methoxy groups -OCH3 is 1. The number of aromatic hydroxyl groups is 1. The minimum atomic E-state index is -0.599. The van der Waals surface area contributed by atoms with Crippen LogP contribution in [0.15, 0.2) is 24.3 Å². The van der Waals surface area contributed by atoms with Crippen LogP contribution in [-0.2, 0) is 22.6 Å². The third-order valence-corrected chi connectivity index (χ3v) is 4.36. The number of rotatable bonds is 4. The summed E-state index contributed by atoms with van der Waals surface area (Å²) in [5, 5.41) is 13.8. The number of carbonyl (C=O) groups is 2. The van der Waals surface area contributed by atoms with E-state index in [4.69, 9.17) is 21.1 Å². The third kappa shape index (κ3) is 3.13. The normalized spacial score (nSPS) is 12.5. The van der Waals surface area contributed by atoms with Crippen LogP contribution in [-0.4, -0.2) is 24.1 Å². The molecule has 2 aromatic rings. The van der Waals surface area contributed by atoms with Crippen LogP contribution in [0.4, 0.5) is 5.69 Å². The molecule has 1 heterocycles. The number of ether oxygens (including phenoxy) is 2. The van der Waals surface area contributed by atoms with E-state index in [1.54, 1.807) is 31.2 Å². The van der Waals surface area contributed by atoms with Gasteiger partial charge in [-0.15, -0.1) is 0 Å². The number of phenolic OH excluding ortho intramolecular Hbond substituents is 1. The lowest BCUT2D eigenvalue weighted by atomic mass is 9.95. The first-order chi connectivity index (χ1) is 11.9. The highest BCUT2D eigenvalue weighted by molar-refractivity contribution is 6.30. The first-order valence-electron chi connectivity index (χ1n) is 7.56. The van der Waals surface area contributed by atoms with Gasteiger partial charge in [-0.05, 0) is 36.8 Å². The van der Waals surface area contributed by atoms with Gasteiger partial charge in [0.2, 0.25) is 5.91 Å². The molecule has 0 saturated carbocycles. The number of anilines is 1. The molecule has 0 atom stereocenters. The van der Waals surface area contributed by atoms with E-state index in [1.165, 1.54) is 7.11 Å². The predicted molar refractivity (Wildman–Crippen MR) is 92.3 cm³/mol. The molecule has 0 saturated heterocycles. The molecule has 0 bridgehead atoms. The fraction of sp³-hybridized carbons (Fsp3) is 0.222. The topological polar surface area (TPSA) is 84.9 Å². The lowest BCUT2D eigenvalue weighted by molar-refractivity contribution is -0.115. The van der Waals surface area contributed by atoms with Crippen molar-refractivity contribution in [2.45, 2.75) is 20.0 Å². The molecule has 1 amide bonds. The summed E-state index contributed by atoms with van der Waals surface area (Å²) in [7, 11) is 1.45. The standard InChI is InChI=1S/C18H16ClNO5/c1-9-13-8-25-18(23)15(13)16(22)12(17(9)24-2)7-14(21)20-11-5-3-10(19)4-6-11/h3-6,22H,7-8H2,1-2H3,(H,20,21). The second kappa shape index (κ2) is 6.64. The first kappa shape index (κ1) is 17.1. The van der Waals surface area contributed by atoms with Crippen molar-refractivity contribution in [3.63, 3.8) is 0 Å². The summed E-state index contributed by atoms with van der Waals surface area (Å²) in [6.45, 7) is 1.85. The fourth-order valence-electron chi connectivity index (χ4n) is 2.90. The van der Waals surface area contributed by atoms with Crippen LogP contribution in [0.5, 0.6) is 11.5 Å². The van der Waals surface area contributed by atoms with Gasteiger partial charge in [0.1, 0.15) is 23.7 Å². The number of nitrogens with one attached hydrogen (secondary N) is 1. The van der Waals surface area contributed by atoms with Crippen LogP contribution < -0.4 is 10.1 Å². The molecule has 1 aliphatic heterocycles. The monoisotopic (exact) mass is 361 g/mol. The summed E-state index contributed by atoms with van der Waals surface area (Å²) in [6, 6.07) is 6.65. The van der Waals surface area contributed by atoms with Crippen molar-refractivity contribution in [1.29, 1.82) is 0 Å². The summed E-state index contributed by atoms with van der Waals surface area (Å²) in [5.74, 6) is -0.855. The van der Waals surface area contributed by atoms with E-state index >= 15 is 0 Å². The van der Waals surface area contributed by atoms with Gasteiger partial charge in [-0.3, -0.25) is 4.79 Å². The largest absolute Gasteiger partial charge is 0.507 e. The Bertz CT molecular complexity index is 861. The Morgan fingerprint density at radius 2 is 2.04 bits per heavy atom. The summed E-state index contributed by atoms with van der Waals surface area (Å²) in [4.78, 5) is 24.2. The SMILES string of the molecule is COc1c(C)c2c(c(O)c1CC(=O)Nc1ccc(Cl)cc1)C(=O)OC2. The maximum Gasteiger partial charge on any atom is 0.342 e. The van der Waals surface area contributed by atoms with Gasteiger partial charge < -0.3 is 19.9 Å². The number of benzene rings is 2. The van der Waals surface area contributed by atoms with E-state index < -0.39 is 5.97 Å². The molecule has 0 unspecified atom stereocenters. The maximum atomic E-state index is 12.4. The highest BCUT2D eigenvalue weighted by atomic mass is 35.5. The molecule has 0 aliphatic carbocycles. The van der Waals surface area contributed by atoms with E-state index in [0.29, 0.717) is 27.6 Å². The first-order valence-corrected chi connectivity index (χ1v) is 7.94.